The summed E-state index contributed by atoms with van der Waals surface area (Å²) < 4.78 is 22.3. The van der Waals surface area contributed by atoms with E-state index in [0.717, 1.165) is 12.8 Å². The zero-order valence-corrected chi connectivity index (χ0v) is 16.4. The van der Waals surface area contributed by atoms with Crippen molar-refractivity contribution in [3.63, 3.8) is 0 Å². The number of hydrogen-bond acceptors (Lipinski definition) is 6. The summed E-state index contributed by atoms with van der Waals surface area (Å²) in [7, 11) is 4.74. The summed E-state index contributed by atoms with van der Waals surface area (Å²) in [6.07, 6.45) is 7.87. The first-order chi connectivity index (χ1) is 13.7. The predicted octanol–water partition coefficient (Wildman–Crippen LogP) is 4.49. The van der Waals surface area contributed by atoms with Crippen LogP contribution in [-0.4, -0.2) is 32.4 Å². The summed E-state index contributed by atoms with van der Waals surface area (Å²) in [4.78, 5) is 4.39. The highest BCUT2D eigenvalue weighted by atomic mass is 16.5. The van der Waals surface area contributed by atoms with Gasteiger partial charge in [0, 0.05) is 6.07 Å². The van der Waals surface area contributed by atoms with E-state index >= 15 is 0 Å². The Bertz CT molecular complexity index is 874. The fraction of sp³-hybridized carbons (Fsp3) is 0.364. The first-order valence-corrected chi connectivity index (χ1v) is 9.24. The van der Waals surface area contributed by atoms with Gasteiger partial charge in [-0.05, 0) is 43.9 Å². The van der Waals surface area contributed by atoms with Gasteiger partial charge in [-0.3, -0.25) is 4.98 Å². The minimum atomic E-state index is 0.174. The van der Waals surface area contributed by atoms with Crippen molar-refractivity contribution in [1.82, 2.24) is 4.98 Å². The summed E-state index contributed by atoms with van der Waals surface area (Å²) in [5, 5.41) is 9.76. The van der Waals surface area contributed by atoms with Gasteiger partial charge in [-0.15, -0.1) is 0 Å². The van der Waals surface area contributed by atoms with Gasteiger partial charge in [-0.1, -0.05) is 6.07 Å². The van der Waals surface area contributed by atoms with Crippen molar-refractivity contribution in [3.05, 3.63) is 41.7 Å². The van der Waals surface area contributed by atoms with Gasteiger partial charge in [0.15, 0.2) is 11.5 Å². The Labute approximate surface area is 165 Å². The molecule has 0 atom stereocenters. The molecule has 0 N–H and O–H groups in total. The first kappa shape index (κ1) is 19.6. The van der Waals surface area contributed by atoms with E-state index in [0.29, 0.717) is 39.8 Å². The lowest BCUT2D eigenvalue weighted by Crippen LogP contribution is -2.12. The molecule has 6 heteroatoms. The number of allylic oxidation sites excluding steroid dienone is 1. The van der Waals surface area contributed by atoms with Crippen molar-refractivity contribution in [2.24, 2.45) is 0 Å². The second kappa shape index (κ2) is 9.14. The third-order valence-corrected chi connectivity index (χ3v) is 4.80. The number of nitriles is 1. The molecule has 1 saturated carbocycles. The van der Waals surface area contributed by atoms with E-state index in [2.05, 4.69) is 11.1 Å². The zero-order chi connectivity index (χ0) is 19.9. The van der Waals surface area contributed by atoms with Crippen molar-refractivity contribution in [2.45, 2.75) is 31.8 Å². The number of hydrogen-bond donors (Lipinski definition) is 0. The highest BCUT2D eigenvalue weighted by molar-refractivity contribution is 5.91. The molecule has 6 nitrogen and oxygen atoms in total. The normalized spacial score (nSPS) is 14.4. The lowest BCUT2D eigenvalue weighted by atomic mass is 10.1. The maximum Gasteiger partial charge on any atom is 0.179 e. The summed E-state index contributed by atoms with van der Waals surface area (Å²) in [6.45, 7) is 0. The van der Waals surface area contributed by atoms with E-state index < -0.39 is 0 Å². The molecular weight excluding hydrogens is 356 g/mol. The Morgan fingerprint density at radius 3 is 2.25 bits per heavy atom. The SMILES string of the molecule is COc1cnc(C(C#N)=Cc2c(OC)cccc2OC)cc1OC1CCCC1. The van der Waals surface area contributed by atoms with Crippen molar-refractivity contribution < 1.29 is 18.9 Å². The minimum Gasteiger partial charge on any atom is -0.496 e. The molecule has 0 amide bonds. The van der Waals surface area contributed by atoms with Gasteiger partial charge in [0.1, 0.15) is 17.6 Å². The highest BCUT2D eigenvalue weighted by Crippen LogP contribution is 2.35. The number of ether oxygens (including phenoxy) is 4. The second-order valence-corrected chi connectivity index (χ2v) is 6.49. The molecular formula is C22H24N2O4. The first-order valence-electron chi connectivity index (χ1n) is 9.24. The van der Waals surface area contributed by atoms with Crippen molar-refractivity contribution >= 4 is 11.6 Å². The van der Waals surface area contributed by atoms with Gasteiger partial charge in [-0.2, -0.15) is 5.26 Å². The largest absolute Gasteiger partial charge is 0.496 e. The quantitative estimate of drug-likeness (QED) is 0.659. The number of aromatic nitrogens is 1. The summed E-state index contributed by atoms with van der Waals surface area (Å²) >= 11 is 0. The number of nitrogens with zero attached hydrogens (tertiary/aromatic N) is 2. The van der Waals surface area contributed by atoms with Crippen molar-refractivity contribution in [3.8, 4) is 29.1 Å². The fourth-order valence-corrected chi connectivity index (χ4v) is 3.33. The van der Waals surface area contributed by atoms with E-state index in [1.165, 1.54) is 12.8 Å². The average molecular weight is 380 g/mol. The molecule has 0 radical (unpaired) electrons. The van der Waals surface area contributed by atoms with E-state index in [1.807, 2.05) is 18.2 Å². The molecule has 0 unspecified atom stereocenters. The standard InChI is InChI=1S/C22H24N2O4/c1-25-19-9-6-10-20(26-2)17(19)11-15(13-23)18-12-21(22(27-3)14-24-18)28-16-7-4-5-8-16/h6,9-12,14,16H,4-5,7-8H2,1-3H3. The summed E-state index contributed by atoms with van der Waals surface area (Å²) in [5.41, 5.74) is 1.56. The molecule has 146 valence electrons. The van der Waals surface area contributed by atoms with E-state index in [-0.39, 0.29) is 6.10 Å². The third-order valence-electron chi connectivity index (χ3n) is 4.80. The smallest absolute Gasteiger partial charge is 0.179 e. The molecule has 0 bridgehead atoms. The van der Waals surface area contributed by atoms with E-state index in [1.54, 1.807) is 39.7 Å². The number of methoxy groups -OCH3 is 3. The van der Waals surface area contributed by atoms with Gasteiger partial charge < -0.3 is 18.9 Å². The van der Waals surface area contributed by atoms with Crippen LogP contribution in [0.3, 0.4) is 0 Å². The van der Waals surface area contributed by atoms with Crippen LogP contribution in [0.4, 0.5) is 0 Å². The number of benzene rings is 1. The Balaban J connectivity index is 2.01. The maximum atomic E-state index is 9.76. The van der Waals surface area contributed by atoms with Crippen molar-refractivity contribution in [1.29, 1.82) is 5.26 Å². The average Bonchev–Trinajstić information content (AvgIpc) is 3.24. The summed E-state index contributed by atoms with van der Waals surface area (Å²) in [6, 6.07) is 9.45. The fourth-order valence-electron chi connectivity index (χ4n) is 3.33. The van der Waals surface area contributed by atoms with Crippen molar-refractivity contribution in [2.75, 3.05) is 21.3 Å². The maximum absolute atomic E-state index is 9.76. The lowest BCUT2D eigenvalue weighted by Gasteiger charge is -2.16. The van der Waals surface area contributed by atoms with Crippen LogP contribution in [-0.2, 0) is 0 Å². The molecule has 1 aliphatic rings. The Morgan fingerprint density at radius 1 is 1.04 bits per heavy atom. The molecule has 1 heterocycles. The second-order valence-electron chi connectivity index (χ2n) is 6.49. The van der Waals surface area contributed by atoms with Crippen LogP contribution in [0.25, 0.3) is 11.6 Å². The topological polar surface area (TPSA) is 73.6 Å². The van der Waals surface area contributed by atoms with Crippen LogP contribution in [0.1, 0.15) is 36.9 Å². The third kappa shape index (κ3) is 4.20. The van der Waals surface area contributed by atoms with Gasteiger partial charge >= 0.3 is 0 Å². The Hall–Kier alpha value is -3.20. The molecule has 1 aromatic heterocycles. The van der Waals surface area contributed by atoms with Crippen LogP contribution < -0.4 is 18.9 Å². The monoisotopic (exact) mass is 380 g/mol. The molecule has 3 rings (SSSR count). The Kier molecular flexibility index (Phi) is 6.38. The van der Waals surface area contributed by atoms with Crippen LogP contribution in [0.15, 0.2) is 30.5 Å². The predicted molar refractivity (Wildman–Crippen MR) is 107 cm³/mol. The molecule has 2 aromatic rings. The number of rotatable bonds is 7. The van der Waals surface area contributed by atoms with Crippen LogP contribution >= 0.6 is 0 Å². The Morgan fingerprint density at radius 2 is 1.68 bits per heavy atom. The van der Waals surface area contributed by atoms with Crippen LogP contribution in [0.2, 0.25) is 0 Å². The molecule has 1 aromatic carbocycles. The minimum absolute atomic E-state index is 0.174. The lowest BCUT2D eigenvalue weighted by molar-refractivity contribution is 0.200. The molecule has 0 saturated heterocycles. The number of pyridine rings is 1. The van der Waals surface area contributed by atoms with Gasteiger partial charge in [-0.25, -0.2) is 0 Å². The molecule has 0 spiro atoms. The molecule has 0 aliphatic heterocycles. The van der Waals surface area contributed by atoms with Crippen LogP contribution in [0.5, 0.6) is 23.0 Å². The van der Waals surface area contributed by atoms with Gasteiger partial charge in [0.25, 0.3) is 0 Å². The van der Waals surface area contributed by atoms with E-state index in [9.17, 15) is 5.26 Å². The van der Waals surface area contributed by atoms with E-state index in [4.69, 9.17) is 18.9 Å². The molecule has 1 aliphatic carbocycles. The highest BCUT2D eigenvalue weighted by Gasteiger charge is 2.20. The van der Waals surface area contributed by atoms with Crippen LogP contribution in [0, 0.1) is 11.3 Å². The van der Waals surface area contributed by atoms with Gasteiger partial charge in [0.05, 0.1) is 50.5 Å². The molecule has 1 fully saturated rings. The summed E-state index contributed by atoms with van der Waals surface area (Å²) in [5.74, 6) is 2.39. The molecule has 28 heavy (non-hydrogen) atoms. The zero-order valence-electron chi connectivity index (χ0n) is 16.4. The van der Waals surface area contributed by atoms with Gasteiger partial charge in [0.2, 0.25) is 0 Å².